The molecule has 6 nitrogen and oxygen atoms in total. The van der Waals surface area contributed by atoms with Crippen LogP contribution in [0.1, 0.15) is 24.6 Å². The summed E-state index contributed by atoms with van der Waals surface area (Å²) in [7, 11) is 0. The van der Waals surface area contributed by atoms with Crippen molar-refractivity contribution in [2.75, 3.05) is 11.5 Å². The second-order valence-corrected chi connectivity index (χ2v) is 7.17. The largest absolute Gasteiger partial charge is 0.493 e. The fourth-order valence-electron chi connectivity index (χ4n) is 2.66. The first-order valence-electron chi connectivity index (χ1n) is 9.19. The topological polar surface area (TPSA) is 68.7 Å². The Balaban J connectivity index is 1.51. The molecular weight excluding hydrogens is 388 g/mol. The van der Waals surface area contributed by atoms with Crippen LogP contribution in [0.4, 0.5) is 10.8 Å². The van der Waals surface area contributed by atoms with Gasteiger partial charge in [-0.2, -0.15) is 0 Å². The van der Waals surface area contributed by atoms with Gasteiger partial charge in [-0.15, -0.1) is 11.3 Å². The third-order valence-corrected chi connectivity index (χ3v) is 4.97. The Bertz CT molecular complexity index is 972. The van der Waals surface area contributed by atoms with Gasteiger partial charge in [0.2, 0.25) is 5.91 Å². The van der Waals surface area contributed by atoms with Gasteiger partial charge in [0.1, 0.15) is 12.4 Å². The van der Waals surface area contributed by atoms with Gasteiger partial charge in [0.05, 0.1) is 24.4 Å². The maximum absolute atomic E-state index is 12.1. The first kappa shape index (κ1) is 20.5. The zero-order valence-corrected chi connectivity index (χ0v) is 17.1. The summed E-state index contributed by atoms with van der Waals surface area (Å²) in [5.41, 5.74) is 2.36. The second-order valence-electron chi connectivity index (χ2n) is 6.34. The minimum atomic E-state index is -0.361. The van der Waals surface area contributed by atoms with E-state index in [1.165, 1.54) is 23.2 Å². The summed E-state index contributed by atoms with van der Waals surface area (Å²) in [6.45, 7) is 3.74. The Kier molecular flexibility index (Phi) is 6.97. The number of hydrogen-bond donors (Lipinski definition) is 0. The van der Waals surface area contributed by atoms with Crippen LogP contribution < -0.4 is 9.64 Å². The van der Waals surface area contributed by atoms with E-state index in [1.807, 2.05) is 61.5 Å². The second kappa shape index (κ2) is 9.84. The summed E-state index contributed by atoms with van der Waals surface area (Å²) in [4.78, 5) is 30.0. The van der Waals surface area contributed by atoms with Gasteiger partial charge >= 0.3 is 5.97 Å². The molecule has 0 spiro atoms. The number of aromatic nitrogens is 1. The number of esters is 1. The standard InChI is InChI=1S/C22H22N2O4S/c1-16-8-6-7-11-20(16)27-13-12-21(26)28-14-18-15-29-22(23-18)24(17(2)25)19-9-4-3-5-10-19/h3-11,15H,12-14H2,1-2H3. The Morgan fingerprint density at radius 1 is 1.07 bits per heavy atom. The molecule has 7 heteroatoms. The molecule has 150 valence electrons. The number of amides is 1. The highest BCUT2D eigenvalue weighted by molar-refractivity contribution is 7.14. The first-order chi connectivity index (χ1) is 14.0. The van der Waals surface area contributed by atoms with Gasteiger partial charge in [-0.3, -0.25) is 14.5 Å². The van der Waals surface area contributed by atoms with Crippen LogP contribution in [-0.4, -0.2) is 23.5 Å². The summed E-state index contributed by atoms with van der Waals surface area (Å²) in [5, 5.41) is 2.32. The number of thiazole rings is 1. The number of nitrogens with zero attached hydrogens (tertiary/aromatic N) is 2. The number of anilines is 2. The molecule has 0 bridgehead atoms. The van der Waals surface area contributed by atoms with E-state index in [-0.39, 0.29) is 31.5 Å². The van der Waals surface area contributed by atoms with Crippen molar-refractivity contribution in [2.45, 2.75) is 26.9 Å². The molecule has 3 rings (SSSR count). The molecule has 0 N–H and O–H groups in total. The normalized spacial score (nSPS) is 10.4. The van der Waals surface area contributed by atoms with Gasteiger partial charge in [0.15, 0.2) is 5.13 Å². The fraction of sp³-hybridized carbons (Fsp3) is 0.227. The van der Waals surface area contributed by atoms with E-state index >= 15 is 0 Å². The monoisotopic (exact) mass is 410 g/mol. The molecule has 0 fully saturated rings. The molecule has 0 saturated carbocycles. The lowest BCUT2D eigenvalue weighted by atomic mass is 10.2. The van der Waals surface area contributed by atoms with Crippen molar-refractivity contribution in [1.29, 1.82) is 0 Å². The average molecular weight is 410 g/mol. The van der Waals surface area contributed by atoms with E-state index in [2.05, 4.69) is 4.98 Å². The van der Waals surface area contributed by atoms with Gasteiger partial charge in [0.25, 0.3) is 0 Å². The van der Waals surface area contributed by atoms with Crippen LogP contribution in [0.3, 0.4) is 0 Å². The summed E-state index contributed by atoms with van der Waals surface area (Å²) in [6.07, 6.45) is 0.148. The molecule has 0 radical (unpaired) electrons. The molecule has 3 aromatic rings. The quantitative estimate of drug-likeness (QED) is 0.506. The van der Waals surface area contributed by atoms with Crippen molar-refractivity contribution in [3.63, 3.8) is 0 Å². The number of ether oxygens (including phenoxy) is 2. The summed E-state index contributed by atoms with van der Waals surface area (Å²) < 4.78 is 10.9. The highest BCUT2D eigenvalue weighted by Gasteiger charge is 2.18. The number of carbonyl (C=O) groups is 2. The molecule has 0 aliphatic heterocycles. The third kappa shape index (κ3) is 5.65. The number of benzene rings is 2. The highest BCUT2D eigenvalue weighted by Crippen LogP contribution is 2.28. The highest BCUT2D eigenvalue weighted by atomic mass is 32.1. The van der Waals surface area contributed by atoms with Crippen LogP contribution in [0, 0.1) is 6.92 Å². The number of aryl methyl sites for hydroxylation is 1. The fourth-order valence-corrected chi connectivity index (χ4v) is 3.53. The molecular formula is C22H22N2O4S. The van der Waals surface area contributed by atoms with E-state index in [4.69, 9.17) is 9.47 Å². The molecule has 0 atom stereocenters. The molecule has 1 amide bonds. The Morgan fingerprint density at radius 2 is 1.79 bits per heavy atom. The Morgan fingerprint density at radius 3 is 2.52 bits per heavy atom. The molecule has 0 saturated heterocycles. The number of para-hydroxylation sites is 2. The Hall–Kier alpha value is -3.19. The van der Waals surface area contributed by atoms with Crippen molar-refractivity contribution in [1.82, 2.24) is 4.98 Å². The van der Waals surface area contributed by atoms with Crippen LogP contribution in [0.15, 0.2) is 60.0 Å². The zero-order valence-electron chi connectivity index (χ0n) is 16.3. The van der Waals surface area contributed by atoms with Crippen LogP contribution in [-0.2, 0) is 20.9 Å². The van der Waals surface area contributed by atoms with Crippen LogP contribution in [0.5, 0.6) is 5.75 Å². The zero-order chi connectivity index (χ0) is 20.6. The van der Waals surface area contributed by atoms with E-state index in [0.717, 1.165) is 17.0 Å². The molecule has 0 aliphatic carbocycles. The van der Waals surface area contributed by atoms with Gasteiger partial charge in [-0.05, 0) is 30.7 Å². The molecule has 1 heterocycles. The molecule has 0 aliphatic rings. The van der Waals surface area contributed by atoms with Gasteiger partial charge in [0, 0.05) is 12.3 Å². The predicted octanol–water partition coefficient (Wildman–Crippen LogP) is 4.65. The summed E-state index contributed by atoms with van der Waals surface area (Å²) >= 11 is 1.33. The molecule has 29 heavy (non-hydrogen) atoms. The van der Waals surface area contributed by atoms with Crippen molar-refractivity contribution in [3.8, 4) is 5.75 Å². The maximum Gasteiger partial charge on any atom is 0.309 e. The number of rotatable bonds is 8. The van der Waals surface area contributed by atoms with Crippen molar-refractivity contribution in [3.05, 3.63) is 71.2 Å². The SMILES string of the molecule is CC(=O)N(c1ccccc1)c1nc(COC(=O)CCOc2ccccc2C)cs1. The van der Waals surface area contributed by atoms with E-state index in [0.29, 0.717) is 10.8 Å². The van der Waals surface area contributed by atoms with E-state index in [1.54, 1.807) is 5.38 Å². The van der Waals surface area contributed by atoms with Crippen LogP contribution in [0.25, 0.3) is 0 Å². The third-order valence-electron chi connectivity index (χ3n) is 4.10. The minimum Gasteiger partial charge on any atom is -0.493 e. The maximum atomic E-state index is 12.1. The summed E-state index contributed by atoms with van der Waals surface area (Å²) in [5.74, 6) is 0.261. The summed E-state index contributed by atoms with van der Waals surface area (Å²) in [6, 6.07) is 16.9. The lowest BCUT2D eigenvalue weighted by Gasteiger charge is -2.17. The van der Waals surface area contributed by atoms with Crippen LogP contribution >= 0.6 is 11.3 Å². The minimum absolute atomic E-state index is 0.0558. The average Bonchev–Trinajstić information content (AvgIpc) is 3.17. The predicted molar refractivity (Wildman–Crippen MR) is 112 cm³/mol. The smallest absolute Gasteiger partial charge is 0.309 e. The van der Waals surface area contributed by atoms with Gasteiger partial charge in [-0.25, -0.2) is 4.98 Å². The number of hydrogen-bond acceptors (Lipinski definition) is 6. The van der Waals surface area contributed by atoms with E-state index in [9.17, 15) is 9.59 Å². The lowest BCUT2D eigenvalue weighted by molar-refractivity contribution is -0.145. The van der Waals surface area contributed by atoms with Gasteiger partial charge < -0.3 is 9.47 Å². The van der Waals surface area contributed by atoms with Crippen molar-refractivity contribution < 1.29 is 19.1 Å². The van der Waals surface area contributed by atoms with Crippen LogP contribution in [0.2, 0.25) is 0 Å². The van der Waals surface area contributed by atoms with Crippen molar-refractivity contribution in [2.24, 2.45) is 0 Å². The van der Waals surface area contributed by atoms with Crippen molar-refractivity contribution >= 4 is 34.0 Å². The molecule has 1 aromatic heterocycles. The molecule has 2 aromatic carbocycles. The number of carbonyl (C=O) groups excluding carboxylic acids is 2. The van der Waals surface area contributed by atoms with E-state index < -0.39 is 0 Å². The lowest BCUT2D eigenvalue weighted by Crippen LogP contribution is -2.22. The first-order valence-corrected chi connectivity index (χ1v) is 10.1. The van der Waals surface area contributed by atoms with Gasteiger partial charge in [-0.1, -0.05) is 36.4 Å². The molecule has 0 unspecified atom stereocenters. The Labute approximate surface area is 173 Å².